The first-order valence-corrected chi connectivity index (χ1v) is 5.10. The van der Waals surface area contributed by atoms with Gasteiger partial charge in [0.05, 0.1) is 13.2 Å². The summed E-state index contributed by atoms with van der Waals surface area (Å²) in [7, 11) is 1.67. The van der Waals surface area contributed by atoms with Gasteiger partial charge < -0.3 is 9.84 Å². The molecule has 0 radical (unpaired) electrons. The highest BCUT2D eigenvalue weighted by Gasteiger charge is 2.28. The normalized spacial score (nSPS) is 25.6. The van der Waals surface area contributed by atoms with Crippen molar-refractivity contribution in [1.82, 2.24) is 0 Å². The zero-order chi connectivity index (χ0) is 9.97. The average Bonchev–Trinajstić information content (AvgIpc) is 2.24. The monoisotopic (exact) mass is 192 g/mol. The number of hydrogen-bond acceptors (Lipinski definition) is 2. The zero-order valence-corrected chi connectivity index (χ0v) is 8.44. The first kappa shape index (κ1) is 9.53. The summed E-state index contributed by atoms with van der Waals surface area (Å²) >= 11 is 0. The van der Waals surface area contributed by atoms with E-state index in [9.17, 15) is 5.11 Å². The van der Waals surface area contributed by atoms with Crippen LogP contribution in [0.15, 0.2) is 24.3 Å². The fourth-order valence-corrected chi connectivity index (χ4v) is 1.85. The molecule has 1 N–H and O–H groups in total. The van der Waals surface area contributed by atoms with Gasteiger partial charge in [0.2, 0.25) is 0 Å². The maximum absolute atomic E-state index is 9.45. The van der Waals surface area contributed by atoms with Gasteiger partial charge in [-0.2, -0.15) is 0 Å². The van der Waals surface area contributed by atoms with Gasteiger partial charge in [0.25, 0.3) is 0 Å². The fraction of sp³-hybridized carbons (Fsp3) is 0.500. The largest absolute Gasteiger partial charge is 0.497 e. The van der Waals surface area contributed by atoms with Crippen LogP contribution in [0.25, 0.3) is 0 Å². The molecule has 2 rings (SSSR count). The molecule has 1 aliphatic carbocycles. The van der Waals surface area contributed by atoms with Crippen LogP contribution in [0, 0.1) is 5.92 Å². The predicted octanol–water partition coefficient (Wildman–Crippen LogP) is 2.01. The minimum atomic E-state index is -0.0721. The molecular formula is C12H16O2. The molecule has 0 saturated heterocycles. The molecule has 1 fully saturated rings. The molecule has 1 aromatic rings. The first-order valence-electron chi connectivity index (χ1n) is 5.10. The summed E-state index contributed by atoms with van der Waals surface area (Å²) in [6.07, 6.45) is 3.05. The van der Waals surface area contributed by atoms with Crippen LogP contribution in [0.5, 0.6) is 5.75 Å². The molecule has 1 aromatic carbocycles. The Balaban J connectivity index is 1.96. The van der Waals surface area contributed by atoms with Crippen molar-refractivity contribution in [2.45, 2.75) is 25.4 Å². The Hall–Kier alpha value is -1.02. The third-order valence-corrected chi connectivity index (χ3v) is 3.03. The molecule has 0 unspecified atom stereocenters. The summed E-state index contributed by atoms with van der Waals surface area (Å²) in [5.74, 6) is 1.37. The second-order valence-corrected chi connectivity index (χ2v) is 3.96. The average molecular weight is 192 g/mol. The fourth-order valence-electron chi connectivity index (χ4n) is 1.85. The SMILES string of the molecule is COc1ccc(C[C@H]2CC[C@@H]2O)cc1. The number of rotatable bonds is 3. The van der Waals surface area contributed by atoms with Crippen molar-refractivity contribution in [3.8, 4) is 5.75 Å². The molecule has 2 nitrogen and oxygen atoms in total. The topological polar surface area (TPSA) is 29.5 Å². The molecule has 0 aliphatic heterocycles. The molecule has 1 saturated carbocycles. The Labute approximate surface area is 84.5 Å². The van der Waals surface area contributed by atoms with E-state index in [0.717, 1.165) is 25.0 Å². The van der Waals surface area contributed by atoms with Crippen molar-refractivity contribution < 1.29 is 9.84 Å². The van der Waals surface area contributed by atoms with Gasteiger partial charge in [-0.25, -0.2) is 0 Å². The summed E-state index contributed by atoms with van der Waals surface area (Å²) in [5.41, 5.74) is 1.29. The summed E-state index contributed by atoms with van der Waals surface area (Å²) in [6, 6.07) is 8.09. The van der Waals surface area contributed by atoms with Crippen LogP contribution in [0.4, 0.5) is 0 Å². The van der Waals surface area contributed by atoms with Gasteiger partial charge in [0.15, 0.2) is 0 Å². The standard InChI is InChI=1S/C12H16O2/c1-14-11-5-2-9(3-6-11)8-10-4-7-12(10)13/h2-3,5-6,10,12-13H,4,7-8H2,1H3/t10-,12+/m1/s1. The van der Waals surface area contributed by atoms with E-state index in [1.54, 1.807) is 7.11 Å². The summed E-state index contributed by atoms with van der Waals surface area (Å²) in [6.45, 7) is 0. The van der Waals surface area contributed by atoms with E-state index < -0.39 is 0 Å². The second kappa shape index (κ2) is 4.01. The number of ether oxygens (including phenoxy) is 1. The van der Waals surface area contributed by atoms with E-state index in [1.807, 2.05) is 12.1 Å². The zero-order valence-electron chi connectivity index (χ0n) is 8.44. The smallest absolute Gasteiger partial charge is 0.118 e. The number of aliphatic hydroxyl groups excluding tert-OH is 1. The number of benzene rings is 1. The van der Waals surface area contributed by atoms with E-state index in [4.69, 9.17) is 4.74 Å². The van der Waals surface area contributed by atoms with Crippen LogP contribution in [-0.2, 0) is 6.42 Å². The molecule has 0 spiro atoms. The van der Waals surface area contributed by atoms with Crippen LogP contribution < -0.4 is 4.74 Å². The van der Waals surface area contributed by atoms with Crippen molar-refractivity contribution in [3.63, 3.8) is 0 Å². The Morgan fingerprint density at radius 1 is 1.29 bits per heavy atom. The highest BCUT2D eigenvalue weighted by molar-refractivity contribution is 5.27. The van der Waals surface area contributed by atoms with Crippen molar-refractivity contribution in [2.24, 2.45) is 5.92 Å². The number of aliphatic hydroxyl groups is 1. The Bertz CT molecular complexity index is 292. The quantitative estimate of drug-likeness (QED) is 0.793. The van der Waals surface area contributed by atoms with Gasteiger partial charge in [-0.3, -0.25) is 0 Å². The van der Waals surface area contributed by atoms with Gasteiger partial charge in [-0.15, -0.1) is 0 Å². The highest BCUT2D eigenvalue weighted by Crippen LogP contribution is 2.30. The summed E-state index contributed by atoms with van der Waals surface area (Å²) in [5, 5.41) is 9.45. The molecule has 0 heterocycles. The van der Waals surface area contributed by atoms with Crippen molar-refractivity contribution in [2.75, 3.05) is 7.11 Å². The molecule has 14 heavy (non-hydrogen) atoms. The van der Waals surface area contributed by atoms with Gasteiger partial charge in [-0.05, 0) is 42.9 Å². The molecule has 76 valence electrons. The third kappa shape index (κ3) is 1.90. The van der Waals surface area contributed by atoms with Gasteiger partial charge in [0.1, 0.15) is 5.75 Å². The number of methoxy groups -OCH3 is 1. The lowest BCUT2D eigenvalue weighted by molar-refractivity contribution is 0.0244. The minimum Gasteiger partial charge on any atom is -0.497 e. The van der Waals surface area contributed by atoms with Crippen LogP contribution >= 0.6 is 0 Å². The van der Waals surface area contributed by atoms with Gasteiger partial charge in [0, 0.05) is 0 Å². The summed E-state index contributed by atoms with van der Waals surface area (Å²) in [4.78, 5) is 0. The molecule has 2 heteroatoms. The van der Waals surface area contributed by atoms with E-state index in [1.165, 1.54) is 5.56 Å². The van der Waals surface area contributed by atoms with E-state index in [2.05, 4.69) is 12.1 Å². The summed E-state index contributed by atoms with van der Waals surface area (Å²) < 4.78 is 5.09. The maximum Gasteiger partial charge on any atom is 0.118 e. The Morgan fingerprint density at radius 3 is 2.43 bits per heavy atom. The second-order valence-electron chi connectivity index (χ2n) is 3.96. The minimum absolute atomic E-state index is 0.0721. The van der Waals surface area contributed by atoms with Crippen molar-refractivity contribution >= 4 is 0 Å². The van der Waals surface area contributed by atoms with E-state index >= 15 is 0 Å². The van der Waals surface area contributed by atoms with Crippen molar-refractivity contribution in [1.29, 1.82) is 0 Å². The predicted molar refractivity (Wildman–Crippen MR) is 55.4 cm³/mol. The Morgan fingerprint density at radius 2 is 2.00 bits per heavy atom. The lowest BCUT2D eigenvalue weighted by atomic mass is 9.78. The van der Waals surface area contributed by atoms with E-state index in [-0.39, 0.29) is 6.10 Å². The van der Waals surface area contributed by atoms with Gasteiger partial charge >= 0.3 is 0 Å². The van der Waals surface area contributed by atoms with Crippen LogP contribution in [0.2, 0.25) is 0 Å². The van der Waals surface area contributed by atoms with E-state index in [0.29, 0.717) is 5.92 Å². The molecular weight excluding hydrogens is 176 g/mol. The number of hydrogen-bond donors (Lipinski definition) is 1. The molecule has 0 aromatic heterocycles. The van der Waals surface area contributed by atoms with Gasteiger partial charge in [-0.1, -0.05) is 12.1 Å². The van der Waals surface area contributed by atoms with Crippen LogP contribution in [0.1, 0.15) is 18.4 Å². The lowest BCUT2D eigenvalue weighted by Gasteiger charge is -2.32. The molecule has 0 bridgehead atoms. The first-order chi connectivity index (χ1) is 6.79. The van der Waals surface area contributed by atoms with Crippen LogP contribution in [-0.4, -0.2) is 18.3 Å². The molecule has 0 amide bonds. The Kier molecular flexibility index (Phi) is 2.73. The highest BCUT2D eigenvalue weighted by atomic mass is 16.5. The lowest BCUT2D eigenvalue weighted by Crippen LogP contribution is -2.32. The molecule has 2 atom stereocenters. The third-order valence-electron chi connectivity index (χ3n) is 3.03. The van der Waals surface area contributed by atoms with Crippen LogP contribution in [0.3, 0.4) is 0 Å². The maximum atomic E-state index is 9.45. The molecule has 1 aliphatic rings. The van der Waals surface area contributed by atoms with Crippen molar-refractivity contribution in [3.05, 3.63) is 29.8 Å².